The quantitative estimate of drug-likeness (QED) is 0.538. The topological polar surface area (TPSA) is 47.3 Å². The molecule has 0 aliphatic carbocycles. The largest absolute Gasteiger partial charge is 0.397 e. The van der Waals surface area contributed by atoms with Crippen LogP contribution in [0, 0.1) is 0 Å². The van der Waals surface area contributed by atoms with Crippen molar-refractivity contribution in [1.29, 1.82) is 0 Å². The zero-order valence-corrected chi connectivity index (χ0v) is 8.62. The molecule has 0 amide bonds. The molecule has 1 rings (SSSR count). The highest BCUT2D eigenvalue weighted by Gasteiger charge is 1.95. The lowest BCUT2D eigenvalue weighted by atomic mass is 10.2. The number of hydrogen-bond acceptors (Lipinski definition) is 3. The highest BCUT2D eigenvalue weighted by Crippen LogP contribution is 2.16. The Labute approximate surface area is 85.3 Å². The number of benzene rings is 1. The summed E-state index contributed by atoms with van der Waals surface area (Å²) in [5, 5.41) is 3.27. The molecule has 0 spiro atoms. The molecule has 0 aliphatic heterocycles. The number of anilines is 2. The van der Waals surface area contributed by atoms with E-state index in [-0.39, 0.29) is 0 Å². The summed E-state index contributed by atoms with van der Waals surface area (Å²) in [7, 11) is 0. The number of ether oxygens (including phenoxy) is 1. The number of rotatable bonds is 6. The van der Waals surface area contributed by atoms with Crippen LogP contribution in [0.15, 0.2) is 24.3 Å². The highest BCUT2D eigenvalue weighted by molar-refractivity contribution is 5.65. The number of nitrogens with two attached hydrogens (primary N) is 1. The van der Waals surface area contributed by atoms with Crippen LogP contribution in [-0.2, 0) is 4.74 Å². The number of nitrogens with one attached hydrogen (secondary N) is 1. The Bertz CT molecular complexity index is 263. The van der Waals surface area contributed by atoms with Gasteiger partial charge in [-0.1, -0.05) is 12.1 Å². The Hall–Kier alpha value is -1.22. The van der Waals surface area contributed by atoms with Crippen molar-refractivity contribution >= 4 is 11.4 Å². The van der Waals surface area contributed by atoms with Gasteiger partial charge in [-0.2, -0.15) is 0 Å². The smallest absolute Gasteiger partial charge is 0.0573 e. The van der Waals surface area contributed by atoms with Gasteiger partial charge in [-0.3, -0.25) is 0 Å². The van der Waals surface area contributed by atoms with Gasteiger partial charge in [0.15, 0.2) is 0 Å². The first-order valence-electron chi connectivity index (χ1n) is 5.00. The molecule has 3 N–H and O–H groups in total. The Morgan fingerprint density at radius 2 is 2.14 bits per heavy atom. The summed E-state index contributed by atoms with van der Waals surface area (Å²) < 4.78 is 5.23. The van der Waals surface area contributed by atoms with Gasteiger partial charge in [0.2, 0.25) is 0 Å². The van der Waals surface area contributed by atoms with Gasteiger partial charge < -0.3 is 15.8 Å². The first-order chi connectivity index (χ1) is 6.84. The second kappa shape index (κ2) is 6.27. The maximum Gasteiger partial charge on any atom is 0.0573 e. The molecule has 0 unspecified atom stereocenters. The van der Waals surface area contributed by atoms with Gasteiger partial charge >= 0.3 is 0 Å². The van der Waals surface area contributed by atoms with E-state index in [4.69, 9.17) is 10.5 Å². The molecule has 0 aromatic heterocycles. The summed E-state index contributed by atoms with van der Waals surface area (Å²) in [6, 6.07) is 7.78. The van der Waals surface area contributed by atoms with Gasteiger partial charge in [0.05, 0.1) is 11.4 Å². The van der Waals surface area contributed by atoms with Crippen LogP contribution in [0.5, 0.6) is 0 Å². The monoisotopic (exact) mass is 194 g/mol. The lowest BCUT2D eigenvalue weighted by Gasteiger charge is -2.08. The van der Waals surface area contributed by atoms with E-state index in [0.717, 1.165) is 37.6 Å². The van der Waals surface area contributed by atoms with E-state index in [9.17, 15) is 0 Å². The van der Waals surface area contributed by atoms with Crippen LogP contribution in [0.2, 0.25) is 0 Å². The molecule has 0 fully saturated rings. The predicted molar refractivity (Wildman–Crippen MR) is 60.5 cm³/mol. The van der Waals surface area contributed by atoms with E-state index >= 15 is 0 Å². The molecule has 3 nitrogen and oxygen atoms in total. The average Bonchev–Trinajstić information content (AvgIpc) is 2.20. The van der Waals surface area contributed by atoms with E-state index in [1.807, 2.05) is 31.2 Å². The molecule has 1 aromatic carbocycles. The van der Waals surface area contributed by atoms with Crippen molar-refractivity contribution in [2.45, 2.75) is 13.3 Å². The molecule has 0 heterocycles. The van der Waals surface area contributed by atoms with Crippen LogP contribution in [0.4, 0.5) is 11.4 Å². The normalized spacial score (nSPS) is 10.1. The van der Waals surface area contributed by atoms with Crippen molar-refractivity contribution in [3.8, 4) is 0 Å². The van der Waals surface area contributed by atoms with Crippen molar-refractivity contribution in [2.75, 3.05) is 30.8 Å². The zero-order chi connectivity index (χ0) is 10.2. The van der Waals surface area contributed by atoms with E-state index in [1.165, 1.54) is 0 Å². The molecule has 0 saturated carbocycles. The molecule has 78 valence electrons. The molecule has 0 atom stereocenters. The summed E-state index contributed by atoms with van der Waals surface area (Å²) in [4.78, 5) is 0. The SMILES string of the molecule is CCOCCCNc1ccccc1N. The van der Waals surface area contributed by atoms with Crippen LogP contribution < -0.4 is 11.1 Å². The van der Waals surface area contributed by atoms with Crippen molar-refractivity contribution < 1.29 is 4.74 Å². The van der Waals surface area contributed by atoms with Crippen molar-refractivity contribution in [1.82, 2.24) is 0 Å². The molecule has 0 aliphatic rings. The predicted octanol–water partition coefficient (Wildman–Crippen LogP) is 2.11. The third-order valence-corrected chi connectivity index (χ3v) is 1.95. The van der Waals surface area contributed by atoms with Crippen LogP contribution in [0.25, 0.3) is 0 Å². The van der Waals surface area contributed by atoms with Crippen LogP contribution in [0.1, 0.15) is 13.3 Å². The van der Waals surface area contributed by atoms with Gasteiger partial charge in [-0.15, -0.1) is 0 Å². The highest BCUT2D eigenvalue weighted by atomic mass is 16.5. The van der Waals surface area contributed by atoms with Crippen LogP contribution >= 0.6 is 0 Å². The first kappa shape index (κ1) is 10.9. The standard InChI is InChI=1S/C11H18N2O/c1-2-14-9-5-8-13-11-7-4-3-6-10(11)12/h3-4,6-7,13H,2,5,8-9,12H2,1H3. The van der Waals surface area contributed by atoms with E-state index in [2.05, 4.69) is 5.32 Å². The van der Waals surface area contributed by atoms with E-state index in [1.54, 1.807) is 0 Å². The Kier molecular flexibility index (Phi) is 4.86. The van der Waals surface area contributed by atoms with Crippen LogP contribution in [0.3, 0.4) is 0 Å². The maximum atomic E-state index is 5.77. The molecular formula is C11H18N2O. The van der Waals surface area contributed by atoms with E-state index < -0.39 is 0 Å². The molecular weight excluding hydrogens is 176 g/mol. The van der Waals surface area contributed by atoms with Gasteiger partial charge in [0.25, 0.3) is 0 Å². The summed E-state index contributed by atoms with van der Waals surface area (Å²) in [5.41, 5.74) is 7.57. The minimum absolute atomic E-state index is 0.785. The van der Waals surface area contributed by atoms with Crippen molar-refractivity contribution in [2.24, 2.45) is 0 Å². The lowest BCUT2D eigenvalue weighted by molar-refractivity contribution is 0.147. The first-order valence-corrected chi connectivity index (χ1v) is 5.00. The fraction of sp³-hybridized carbons (Fsp3) is 0.455. The fourth-order valence-electron chi connectivity index (χ4n) is 1.20. The third kappa shape index (κ3) is 3.66. The van der Waals surface area contributed by atoms with Crippen LogP contribution in [-0.4, -0.2) is 19.8 Å². The van der Waals surface area contributed by atoms with E-state index in [0.29, 0.717) is 0 Å². The molecule has 3 heteroatoms. The molecule has 1 aromatic rings. The molecule has 0 saturated heterocycles. The van der Waals surface area contributed by atoms with Gasteiger partial charge in [-0.05, 0) is 25.5 Å². The fourth-order valence-corrected chi connectivity index (χ4v) is 1.20. The summed E-state index contributed by atoms with van der Waals surface area (Å²) in [6.45, 7) is 4.49. The molecule has 14 heavy (non-hydrogen) atoms. The summed E-state index contributed by atoms with van der Waals surface area (Å²) in [6.07, 6.45) is 1.00. The summed E-state index contributed by atoms with van der Waals surface area (Å²) >= 11 is 0. The van der Waals surface area contributed by atoms with Gasteiger partial charge in [0, 0.05) is 19.8 Å². The minimum atomic E-state index is 0.785. The van der Waals surface area contributed by atoms with Gasteiger partial charge in [0.1, 0.15) is 0 Å². The maximum absolute atomic E-state index is 5.77. The number of hydrogen-bond donors (Lipinski definition) is 2. The second-order valence-corrected chi connectivity index (χ2v) is 3.06. The number of para-hydroxylation sites is 2. The Morgan fingerprint density at radius 3 is 2.86 bits per heavy atom. The lowest BCUT2D eigenvalue weighted by Crippen LogP contribution is -2.07. The molecule has 0 bridgehead atoms. The minimum Gasteiger partial charge on any atom is -0.397 e. The third-order valence-electron chi connectivity index (χ3n) is 1.95. The molecule has 0 radical (unpaired) electrons. The second-order valence-electron chi connectivity index (χ2n) is 3.06. The van der Waals surface area contributed by atoms with Crippen molar-refractivity contribution in [3.63, 3.8) is 0 Å². The zero-order valence-electron chi connectivity index (χ0n) is 8.62. The Balaban J connectivity index is 2.21. The average molecular weight is 194 g/mol. The van der Waals surface area contributed by atoms with Gasteiger partial charge in [-0.25, -0.2) is 0 Å². The van der Waals surface area contributed by atoms with Crippen molar-refractivity contribution in [3.05, 3.63) is 24.3 Å². The summed E-state index contributed by atoms with van der Waals surface area (Å²) in [5.74, 6) is 0. The number of nitrogen functional groups attached to an aromatic ring is 1. The Morgan fingerprint density at radius 1 is 1.36 bits per heavy atom.